The summed E-state index contributed by atoms with van der Waals surface area (Å²) in [7, 11) is 0. The molecule has 0 spiro atoms. The lowest BCUT2D eigenvalue weighted by Gasteiger charge is -2.27. The third kappa shape index (κ3) is 4.50. The predicted octanol–water partition coefficient (Wildman–Crippen LogP) is 3.52. The van der Waals surface area contributed by atoms with Crippen molar-refractivity contribution in [2.24, 2.45) is 5.92 Å². The molecule has 2 rings (SSSR count). The number of aromatic nitrogens is 1. The molecule has 1 aliphatic carbocycles. The number of anilines is 1. The van der Waals surface area contributed by atoms with Crippen molar-refractivity contribution in [3.63, 3.8) is 0 Å². The SMILES string of the molecule is CCCNc1ncccc1CN(CC1CC1)C(C)C. The summed E-state index contributed by atoms with van der Waals surface area (Å²) in [5, 5.41) is 3.44. The Morgan fingerprint density at radius 3 is 2.84 bits per heavy atom. The monoisotopic (exact) mass is 261 g/mol. The Hall–Kier alpha value is -1.09. The van der Waals surface area contributed by atoms with Crippen molar-refractivity contribution in [1.82, 2.24) is 9.88 Å². The van der Waals surface area contributed by atoms with E-state index in [0.717, 1.165) is 31.2 Å². The molecule has 0 bridgehead atoms. The van der Waals surface area contributed by atoms with Crippen molar-refractivity contribution in [2.75, 3.05) is 18.4 Å². The van der Waals surface area contributed by atoms with E-state index in [9.17, 15) is 0 Å². The molecule has 0 aliphatic heterocycles. The molecule has 19 heavy (non-hydrogen) atoms. The van der Waals surface area contributed by atoms with Crippen LogP contribution in [0.15, 0.2) is 18.3 Å². The van der Waals surface area contributed by atoms with Crippen LogP contribution in [0.5, 0.6) is 0 Å². The molecule has 1 aromatic heterocycles. The Morgan fingerprint density at radius 1 is 1.42 bits per heavy atom. The van der Waals surface area contributed by atoms with E-state index in [1.165, 1.54) is 24.9 Å². The molecule has 1 aliphatic rings. The van der Waals surface area contributed by atoms with E-state index in [4.69, 9.17) is 0 Å². The predicted molar refractivity (Wildman–Crippen MR) is 81.3 cm³/mol. The maximum Gasteiger partial charge on any atom is 0.130 e. The molecule has 1 saturated carbocycles. The molecule has 0 radical (unpaired) electrons. The lowest BCUT2D eigenvalue weighted by molar-refractivity contribution is 0.204. The van der Waals surface area contributed by atoms with Gasteiger partial charge in [0.05, 0.1) is 0 Å². The molecule has 3 nitrogen and oxygen atoms in total. The number of hydrogen-bond donors (Lipinski definition) is 1. The summed E-state index contributed by atoms with van der Waals surface area (Å²) in [6, 6.07) is 4.84. The summed E-state index contributed by atoms with van der Waals surface area (Å²) in [6.07, 6.45) is 5.84. The third-order valence-corrected chi connectivity index (χ3v) is 3.73. The van der Waals surface area contributed by atoms with Gasteiger partial charge >= 0.3 is 0 Å². The number of nitrogens with one attached hydrogen (secondary N) is 1. The van der Waals surface area contributed by atoms with Gasteiger partial charge in [0.1, 0.15) is 5.82 Å². The summed E-state index contributed by atoms with van der Waals surface area (Å²) in [5.74, 6) is 2.00. The van der Waals surface area contributed by atoms with Gasteiger partial charge in [0.2, 0.25) is 0 Å². The zero-order chi connectivity index (χ0) is 13.7. The zero-order valence-electron chi connectivity index (χ0n) is 12.5. The Balaban J connectivity index is 2.02. The number of hydrogen-bond acceptors (Lipinski definition) is 3. The molecular weight excluding hydrogens is 234 g/mol. The lowest BCUT2D eigenvalue weighted by atomic mass is 10.2. The van der Waals surface area contributed by atoms with Gasteiger partial charge in [0.15, 0.2) is 0 Å². The van der Waals surface area contributed by atoms with Crippen LogP contribution in [0.25, 0.3) is 0 Å². The minimum atomic E-state index is 0.597. The Morgan fingerprint density at radius 2 is 2.21 bits per heavy atom. The molecule has 0 atom stereocenters. The second kappa shape index (κ2) is 6.90. The second-order valence-corrected chi connectivity index (χ2v) is 5.90. The fourth-order valence-electron chi connectivity index (χ4n) is 2.28. The first-order chi connectivity index (χ1) is 9.20. The molecule has 0 amide bonds. The van der Waals surface area contributed by atoms with Crippen molar-refractivity contribution >= 4 is 5.82 Å². The molecule has 0 saturated heterocycles. The van der Waals surface area contributed by atoms with Crippen LogP contribution in [-0.4, -0.2) is 29.0 Å². The van der Waals surface area contributed by atoms with Gasteiger partial charge in [0, 0.05) is 37.4 Å². The van der Waals surface area contributed by atoms with Crippen LogP contribution in [-0.2, 0) is 6.54 Å². The zero-order valence-corrected chi connectivity index (χ0v) is 12.5. The highest BCUT2D eigenvalue weighted by molar-refractivity contribution is 5.43. The molecule has 0 unspecified atom stereocenters. The average Bonchev–Trinajstić information content (AvgIpc) is 3.20. The minimum Gasteiger partial charge on any atom is -0.370 e. The van der Waals surface area contributed by atoms with E-state index in [1.54, 1.807) is 0 Å². The van der Waals surface area contributed by atoms with Gasteiger partial charge in [-0.15, -0.1) is 0 Å². The first-order valence-corrected chi connectivity index (χ1v) is 7.62. The molecule has 0 aromatic carbocycles. The van der Waals surface area contributed by atoms with Crippen LogP contribution in [0.4, 0.5) is 5.82 Å². The highest BCUT2D eigenvalue weighted by atomic mass is 15.2. The minimum absolute atomic E-state index is 0.597. The van der Waals surface area contributed by atoms with Crippen LogP contribution < -0.4 is 5.32 Å². The van der Waals surface area contributed by atoms with E-state index < -0.39 is 0 Å². The fourth-order valence-corrected chi connectivity index (χ4v) is 2.28. The van der Waals surface area contributed by atoms with Gasteiger partial charge in [-0.25, -0.2) is 4.98 Å². The number of nitrogens with zero attached hydrogens (tertiary/aromatic N) is 2. The van der Waals surface area contributed by atoms with Crippen LogP contribution in [0.3, 0.4) is 0 Å². The normalized spacial score (nSPS) is 15.2. The largest absolute Gasteiger partial charge is 0.370 e. The van der Waals surface area contributed by atoms with Gasteiger partial charge in [-0.2, -0.15) is 0 Å². The number of rotatable bonds is 8. The smallest absolute Gasteiger partial charge is 0.130 e. The van der Waals surface area contributed by atoms with Crippen LogP contribution in [0.1, 0.15) is 45.6 Å². The summed E-state index contributed by atoms with van der Waals surface area (Å²) < 4.78 is 0. The van der Waals surface area contributed by atoms with Gasteiger partial charge < -0.3 is 5.32 Å². The van der Waals surface area contributed by atoms with Crippen molar-refractivity contribution in [2.45, 2.75) is 52.6 Å². The molecule has 106 valence electrons. The maximum atomic E-state index is 4.49. The first-order valence-electron chi connectivity index (χ1n) is 7.62. The highest BCUT2D eigenvalue weighted by Gasteiger charge is 2.25. The van der Waals surface area contributed by atoms with Gasteiger partial charge in [-0.1, -0.05) is 13.0 Å². The Bertz CT molecular complexity index is 385. The van der Waals surface area contributed by atoms with Crippen molar-refractivity contribution in [3.8, 4) is 0 Å². The molecule has 1 aromatic rings. The summed E-state index contributed by atoms with van der Waals surface area (Å²) in [6.45, 7) is 10.0. The summed E-state index contributed by atoms with van der Waals surface area (Å²) in [4.78, 5) is 7.06. The quantitative estimate of drug-likeness (QED) is 0.776. The first kappa shape index (κ1) is 14.3. The van der Waals surface area contributed by atoms with E-state index in [2.05, 4.69) is 42.0 Å². The van der Waals surface area contributed by atoms with E-state index in [0.29, 0.717) is 6.04 Å². The van der Waals surface area contributed by atoms with Gasteiger partial charge in [-0.05, 0) is 45.1 Å². The van der Waals surface area contributed by atoms with Crippen molar-refractivity contribution in [1.29, 1.82) is 0 Å². The van der Waals surface area contributed by atoms with Crippen molar-refractivity contribution < 1.29 is 0 Å². The molecular formula is C16H27N3. The summed E-state index contributed by atoms with van der Waals surface area (Å²) >= 11 is 0. The highest BCUT2D eigenvalue weighted by Crippen LogP contribution is 2.31. The van der Waals surface area contributed by atoms with Crippen molar-refractivity contribution in [3.05, 3.63) is 23.9 Å². The van der Waals surface area contributed by atoms with Gasteiger partial charge in [0.25, 0.3) is 0 Å². The average molecular weight is 261 g/mol. The lowest BCUT2D eigenvalue weighted by Crippen LogP contribution is -2.32. The Labute approximate surface area is 117 Å². The fraction of sp³-hybridized carbons (Fsp3) is 0.688. The van der Waals surface area contributed by atoms with Crippen LogP contribution in [0, 0.1) is 5.92 Å². The molecule has 1 N–H and O–H groups in total. The van der Waals surface area contributed by atoms with E-state index >= 15 is 0 Å². The third-order valence-electron chi connectivity index (χ3n) is 3.73. The van der Waals surface area contributed by atoms with E-state index in [-0.39, 0.29) is 0 Å². The van der Waals surface area contributed by atoms with E-state index in [1.807, 2.05) is 12.3 Å². The standard InChI is InChI=1S/C16H27N3/c1-4-9-17-16-15(6-5-10-18-16)12-19(13(2)3)11-14-7-8-14/h5-6,10,13-14H,4,7-9,11-12H2,1-3H3,(H,17,18). The second-order valence-electron chi connectivity index (χ2n) is 5.90. The topological polar surface area (TPSA) is 28.2 Å². The molecule has 3 heteroatoms. The van der Waals surface area contributed by atoms with Gasteiger partial charge in [-0.3, -0.25) is 4.90 Å². The van der Waals surface area contributed by atoms with Crippen LogP contribution in [0.2, 0.25) is 0 Å². The summed E-state index contributed by atoms with van der Waals surface area (Å²) in [5.41, 5.74) is 1.32. The number of pyridine rings is 1. The van der Waals surface area contributed by atoms with Crippen LogP contribution >= 0.6 is 0 Å². The molecule has 1 fully saturated rings. The molecule has 1 heterocycles. The Kier molecular flexibility index (Phi) is 5.20. The maximum absolute atomic E-state index is 4.49.